The molecule has 0 aliphatic heterocycles. The fourth-order valence-corrected chi connectivity index (χ4v) is 2.45. The highest BCUT2D eigenvalue weighted by Gasteiger charge is 2.15. The molecule has 0 bridgehead atoms. The van der Waals surface area contributed by atoms with Crippen molar-refractivity contribution in [3.05, 3.63) is 59.2 Å². The van der Waals surface area contributed by atoms with E-state index in [0.29, 0.717) is 16.7 Å². The lowest BCUT2D eigenvalue weighted by Crippen LogP contribution is -1.95. The molecule has 22 heavy (non-hydrogen) atoms. The molecule has 0 aromatic heterocycles. The molecule has 2 rings (SSSR count). The topological polar surface area (TPSA) is 29.1 Å². The standard InChI is InChI=1S/C15H11F4NOS/c16-14(17)10-5-11(15(18)19)7-12(6-10)20-22-13-3-1-2-9(4-13)8-21/h1-8,14-15,20H. The largest absolute Gasteiger partial charge is 0.326 e. The Morgan fingerprint density at radius 2 is 1.59 bits per heavy atom. The van der Waals surface area contributed by atoms with E-state index in [0.717, 1.165) is 30.1 Å². The van der Waals surface area contributed by atoms with Gasteiger partial charge < -0.3 is 4.72 Å². The molecule has 116 valence electrons. The van der Waals surface area contributed by atoms with Crippen molar-refractivity contribution in [1.29, 1.82) is 0 Å². The third-order valence-corrected chi connectivity index (χ3v) is 3.59. The number of rotatable bonds is 6. The zero-order chi connectivity index (χ0) is 16.1. The van der Waals surface area contributed by atoms with Crippen LogP contribution in [0, 0.1) is 0 Å². The molecular weight excluding hydrogens is 318 g/mol. The molecule has 0 amide bonds. The van der Waals surface area contributed by atoms with Crippen LogP contribution < -0.4 is 4.72 Å². The average molecular weight is 329 g/mol. The maximum Gasteiger partial charge on any atom is 0.263 e. The van der Waals surface area contributed by atoms with Gasteiger partial charge in [0, 0.05) is 27.3 Å². The number of anilines is 1. The maximum absolute atomic E-state index is 12.7. The summed E-state index contributed by atoms with van der Waals surface area (Å²) in [5.74, 6) is 0. The third-order valence-electron chi connectivity index (χ3n) is 2.76. The van der Waals surface area contributed by atoms with E-state index >= 15 is 0 Å². The first-order valence-electron chi connectivity index (χ1n) is 6.19. The van der Waals surface area contributed by atoms with Crippen LogP contribution in [0.4, 0.5) is 23.2 Å². The molecule has 2 aromatic rings. The molecule has 0 spiro atoms. The second-order valence-electron chi connectivity index (χ2n) is 4.38. The molecule has 2 nitrogen and oxygen atoms in total. The van der Waals surface area contributed by atoms with E-state index < -0.39 is 24.0 Å². The van der Waals surface area contributed by atoms with Crippen molar-refractivity contribution in [2.75, 3.05) is 4.72 Å². The van der Waals surface area contributed by atoms with Gasteiger partial charge in [0.25, 0.3) is 12.9 Å². The van der Waals surface area contributed by atoms with Gasteiger partial charge in [0.15, 0.2) is 0 Å². The van der Waals surface area contributed by atoms with Crippen molar-refractivity contribution in [3.8, 4) is 0 Å². The molecule has 0 saturated heterocycles. The first-order valence-corrected chi connectivity index (χ1v) is 7.00. The first-order chi connectivity index (χ1) is 10.5. The number of hydrogen-bond donors (Lipinski definition) is 1. The van der Waals surface area contributed by atoms with E-state index in [1.165, 1.54) is 0 Å². The minimum absolute atomic E-state index is 0.148. The molecule has 0 saturated carbocycles. The van der Waals surface area contributed by atoms with E-state index in [2.05, 4.69) is 4.72 Å². The quantitative estimate of drug-likeness (QED) is 0.431. The lowest BCUT2D eigenvalue weighted by atomic mass is 10.1. The smallest absolute Gasteiger partial charge is 0.263 e. The SMILES string of the molecule is O=Cc1cccc(SNc2cc(C(F)F)cc(C(F)F)c2)c1. The van der Waals surface area contributed by atoms with E-state index in [-0.39, 0.29) is 5.69 Å². The van der Waals surface area contributed by atoms with Crippen LogP contribution in [0.5, 0.6) is 0 Å². The number of aldehydes is 1. The van der Waals surface area contributed by atoms with E-state index in [1.807, 2.05) is 0 Å². The number of benzene rings is 2. The van der Waals surface area contributed by atoms with E-state index in [9.17, 15) is 22.4 Å². The van der Waals surface area contributed by atoms with Crippen molar-refractivity contribution in [2.24, 2.45) is 0 Å². The Labute approximate surface area is 128 Å². The summed E-state index contributed by atoms with van der Waals surface area (Å²) >= 11 is 1.05. The van der Waals surface area contributed by atoms with Crippen LogP contribution in [0.15, 0.2) is 47.4 Å². The highest BCUT2D eigenvalue weighted by atomic mass is 32.2. The zero-order valence-electron chi connectivity index (χ0n) is 11.1. The van der Waals surface area contributed by atoms with E-state index in [4.69, 9.17) is 0 Å². The molecule has 0 heterocycles. The summed E-state index contributed by atoms with van der Waals surface area (Å²) in [6, 6.07) is 9.60. The predicted molar refractivity (Wildman–Crippen MR) is 77.7 cm³/mol. The molecular formula is C15H11F4NOS. The number of hydrogen-bond acceptors (Lipinski definition) is 3. The fraction of sp³-hybridized carbons (Fsp3) is 0.133. The second-order valence-corrected chi connectivity index (χ2v) is 5.26. The van der Waals surface area contributed by atoms with Gasteiger partial charge in [0.1, 0.15) is 6.29 Å². The van der Waals surface area contributed by atoms with Gasteiger partial charge in [0.05, 0.1) is 0 Å². The van der Waals surface area contributed by atoms with Gasteiger partial charge in [-0.2, -0.15) is 0 Å². The van der Waals surface area contributed by atoms with Gasteiger partial charge in [-0.3, -0.25) is 4.79 Å². The summed E-state index contributed by atoms with van der Waals surface area (Å²) in [6.07, 6.45) is -4.98. The monoisotopic (exact) mass is 329 g/mol. The molecule has 1 N–H and O–H groups in total. The minimum Gasteiger partial charge on any atom is -0.326 e. The Morgan fingerprint density at radius 1 is 0.955 bits per heavy atom. The van der Waals surface area contributed by atoms with Gasteiger partial charge in [-0.05, 0) is 42.3 Å². The van der Waals surface area contributed by atoms with Crippen LogP contribution in [-0.4, -0.2) is 6.29 Å². The van der Waals surface area contributed by atoms with Crippen molar-refractivity contribution in [3.63, 3.8) is 0 Å². The molecule has 0 radical (unpaired) electrons. The van der Waals surface area contributed by atoms with Crippen molar-refractivity contribution < 1.29 is 22.4 Å². The number of carbonyl (C=O) groups is 1. The Morgan fingerprint density at radius 3 is 2.14 bits per heavy atom. The molecule has 0 aliphatic rings. The van der Waals surface area contributed by atoms with Crippen LogP contribution in [0.25, 0.3) is 0 Å². The average Bonchev–Trinajstić information content (AvgIpc) is 2.52. The molecule has 0 atom stereocenters. The fourth-order valence-electron chi connectivity index (χ4n) is 1.76. The summed E-state index contributed by atoms with van der Waals surface area (Å²) in [5.41, 5.74) is -0.332. The van der Waals surface area contributed by atoms with Crippen LogP contribution in [-0.2, 0) is 0 Å². The van der Waals surface area contributed by atoms with Crippen molar-refractivity contribution >= 4 is 23.9 Å². The number of alkyl halides is 4. The van der Waals surface area contributed by atoms with Crippen LogP contribution in [0.3, 0.4) is 0 Å². The number of nitrogens with one attached hydrogen (secondary N) is 1. The maximum atomic E-state index is 12.7. The normalized spacial score (nSPS) is 11.0. The van der Waals surface area contributed by atoms with E-state index in [1.54, 1.807) is 24.3 Å². The van der Waals surface area contributed by atoms with Crippen LogP contribution in [0.1, 0.15) is 34.3 Å². The lowest BCUT2D eigenvalue weighted by Gasteiger charge is -2.11. The first kappa shape index (κ1) is 16.4. The summed E-state index contributed by atoms with van der Waals surface area (Å²) in [7, 11) is 0. The van der Waals surface area contributed by atoms with Gasteiger partial charge in [-0.25, -0.2) is 17.6 Å². The van der Waals surface area contributed by atoms with Crippen molar-refractivity contribution in [1.82, 2.24) is 0 Å². The summed E-state index contributed by atoms with van der Waals surface area (Å²) < 4.78 is 53.7. The molecule has 0 unspecified atom stereocenters. The number of halogens is 4. The minimum atomic E-state index is -2.83. The second kappa shape index (κ2) is 7.31. The van der Waals surface area contributed by atoms with Gasteiger partial charge in [0.2, 0.25) is 0 Å². The molecule has 0 aliphatic carbocycles. The molecule has 0 fully saturated rings. The Kier molecular flexibility index (Phi) is 5.43. The van der Waals surface area contributed by atoms with Gasteiger partial charge >= 0.3 is 0 Å². The third kappa shape index (κ3) is 4.24. The summed E-state index contributed by atoms with van der Waals surface area (Å²) in [5, 5.41) is 0. The zero-order valence-corrected chi connectivity index (χ0v) is 11.9. The highest BCUT2D eigenvalue weighted by Crippen LogP contribution is 2.31. The summed E-state index contributed by atoms with van der Waals surface area (Å²) in [4.78, 5) is 11.3. The molecule has 7 heteroatoms. The number of carbonyl (C=O) groups excluding carboxylic acids is 1. The van der Waals surface area contributed by atoms with Crippen LogP contribution in [0.2, 0.25) is 0 Å². The summed E-state index contributed by atoms with van der Waals surface area (Å²) in [6.45, 7) is 0. The highest BCUT2D eigenvalue weighted by molar-refractivity contribution is 8.00. The van der Waals surface area contributed by atoms with Gasteiger partial charge in [-0.1, -0.05) is 12.1 Å². The van der Waals surface area contributed by atoms with Crippen molar-refractivity contribution in [2.45, 2.75) is 17.7 Å². The van der Waals surface area contributed by atoms with Gasteiger partial charge in [-0.15, -0.1) is 0 Å². The lowest BCUT2D eigenvalue weighted by molar-refractivity contribution is 0.112. The molecule has 2 aromatic carbocycles. The Bertz CT molecular complexity index is 637. The van der Waals surface area contributed by atoms with Crippen LogP contribution >= 0.6 is 11.9 Å². The Hall–Kier alpha value is -2.02. The predicted octanol–water partition coefficient (Wildman–Crippen LogP) is 5.49. The Balaban J connectivity index is 2.19.